The van der Waals surface area contributed by atoms with Gasteiger partial charge in [0.25, 0.3) is 0 Å². The maximum Gasteiger partial charge on any atom is 0.0355 e. The zero-order valence-electron chi connectivity index (χ0n) is 9.89. The Hall–Kier alpha value is -0.280. The molecule has 0 radical (unpaired) electrons. The Kier molecular flexibility index (Phi) is 5.74. The van der Waals surface area contributed by atoms with Crippen molar-refractivity contribution in [3.63, 3.8) is 0 Å². The molecule has 0 saturated carbocycles. The normalized spacial score (nSPS) is 23.4. The predicted octanol–water partition coefficient (Wildman–Crippen LogP) is 2.42. The fourth-order valence-electron chi connectivity index (χ4n) is 2.91. The highest BCUT2D eigenvalue weighted by atomic mass is 35.5. The first-order chi connectivity index (χ1) is 7.45. The number of fused-ring (bicyclic) bond motifs is 1. The first kappa shape index (κ1) is 14.8. The Balaban J connectivity index is 0.000000722. The van der Waals surface area contributed by atoms with Gasteiger partial charge in [-0.2, -0.15) is 0 Å². The fourth-order valence-corrected chi connectivity index (χ4v) is 2.91. The lowest BCUT2D eigenvalue weighted by Crippen LogP contribution is -2.44. The van der Waals surface area contributed by atoms with Crippen LogP contribution < -0.4 is 5.32 Å². The molecule has 2 nitrogen and oxygen atoms in total. The molecule has 0 spiro atoms. The molecule has 1 aromatic rings. The molecule has 1 aliphatic heterocycles. The highest BCUT2D eigenvalue weighted by molar-refractivity contribution is 5.85. The van der Waals surface area contributed by atoms with Gasteiger partial charge in [0.15, 0.2) is 0 Å². The monoisotopic (exact) mass is 274 g/mol. The van der Waals surface area contributed by atoms with Crippen molar-refractivity contribution in [2.75, 3.05) is 26.2 Å². The third-order valence-electron chi connectivity index (χ3n) is 3.69. The van der Waals surface area contributed by atoms with Gasteiger partial charge in [0, 0.05) is 32.2 Å². The van der Waals surface area contributed by atoms with Crippen LogP contribution in [-0.4, -0.2) is 31.1 Å². The van der Waals surface area contributed by atoms with Gasteiger partial charge in [-0.1, -0.05) is 24.3 Å². The molecule has 17 heavy (non-hydrogen) atoms. The quantitative estimate of drug-likeness (QED) is 0.846. The molecule has 1 atom stereocenters. The maximum atomic E-state index is 3.42. The van der Waals surface area contributed by atoms with Crippen LogP contribution in [0, 0.1) is 0 Å². The number of rotatable bonds is 1. The summed E-state index contributed by atoms with van der Waals surface area (Å²) in [6, 6.07) is 9.65. The zero-order valence-corrected chi connectivity index (χ0v) is 11.5. The van der Waals surface area contributed by atoms with E-state index in [1.165, 1.54) is 25.9 Å². The number of piperazine rings is 1. The van der Waals surface area contributed by atoms with Crippen LogP contribution in [0.2, 0.25) is 0 Å². The minimum absolute atomic E-state index is 0. The van der Waals surface area contributed by atoms with Crippen LogP contribution in [0.25, 0.3) is 0 Å². The molecule has 3 rings (SSSR count). The summed E-state index contributed by atoms with van der Waals surface area (Å²) < 4.78 is 0. The van der Waals surface area contributed by atoms with Gasteiger partial charge in [-0.25, -0.2) is 0 Å². The van der Waals surface area contributed by atoms with Crippen molar-refractivity contribution in [3.05, 3.63) is 35.4 Å². The van der Waals surface area contributed by atoms with Gasteiger partial charge >= 0.3 is 0 Å². The van der Waals surface area contributed by atoms with Crippen LogP contribution in [0.3, 0.4) is 0 Å². The molecule has 1 aliphatic carbocycles. The second kappa shape index (κ2) is 6.60. The Labute approximate surface area is 116 Å². The highest BCUT2D eigenvalue weighted by Gasteiger charge is 2.27. The topological polar surface area (TPSA) is 15.3 Å². The Morgan fingerprint density at radius 2 is 1.76 bits per heavy atom. The van der Waals surface area contributed by atoms with E-state index >= 15 is 0 Å². The smallest absolute Gasteiger partial charge is 0.0355 e. The van der Waals surface area contributed by atoms with Crippen LogP contribution in [0.5, 0.6) is 0 Å². The van der Waals surface area contributed by atoms with E-state index in [2.05, 4.69) is 34.5 Å². The van der Waals surface area contributed by atoms with Crippen molar-refractivity contribution in [3.8, 4) is 0 Å². The fraction of sp³-hybridized carbons (Fsp3) is 0.538. The van der Waals surface area contributed by atoms with Crippen molar-refractivity contribution in [2.24, 2.45) is 0 Å². The van der Waals surface area contributed by atoms with E-state index in [4.69, 9.17) is 0 Å². The van der Waals surface area contributed by atoms with E-state index in [-0.39, 0.29) is 24.8 Å². The second-order valence-electron chi connectivity index (χ2n) is 4.54. The number of halogens is 2. The Bertz CT molecular complexity index is 351. The first-order valence-electron chi connectivity index (χ1n) is 5.98. The van der Waals surface area contributed by atoms with Crippen molar-refractivity contribution in [1.29, 1.82) is 0 Å². The molecule has 1 fully saturated rings. The standard InChI is InChI=1S/C13H18N2.2ClH/c1-2-4-12-11(3-1)5-6-13(12)15-9-7-14-8-10-15;;/h1-4,13-14H,5-10H2;2*1H. The average Bonchev–Trinajstić information content (AvgIpc) is 2.74. The van der Waals surface area contributed by atoms with E-state index in [0.717, 1.165) is 13.1 Å². The molecule has 96 valence electrons. The number of benzene rings is 1. The van der Waals surface area contributed by atoms with Crippen molar-refractivity contribution >= 4 is 24.8 Å². The molecule has 1 N–H and O–H groups in total. The molecule has 4 heteroatoms. The van der Waals surface area contributed by atoms with E-state index in [0.29, 0.717) is 6.04 Å². The number of nitrogens with one attached hydrogen (secondary N) is 1. The maximum absolute atomic E-state index is 3.42. The molecule has 0 amide bonds. The molecule has 0 bridgehead atoms. The van der Waals surface area contributed by atoms with Crippen LogP contribution >= 0.6 is 24.8 Å². The summed E-state index contributed by atoms with van der Waals surface area (Å²) in [4.78, 5) is 2.64. The average molecular weight is 275 g/mol. The Morgan fingerprint density at radius 3 is 2.53 bits per heavy atom. The number of aryl methyl sites for hydroxylation is 1. The van der Waals surface area contributed by atoms with E-state index < -0.39 is 0 Å². The summed E-state index contributed by atoms with van der Waals surface area (Å²) in [6.07, 6.45) is 2.59. The molecule has 1 aromatic carbocycles. The molecule has 2 aliphatic rings. The van der Waals surface area contributed by atoms with Crippen LogP contribution in [0.1, 0.15) is 23.6 Å². The minimum Gasteiger partial charge on any atom is -0.314 e. The Morgan fingerprint density at radius 1 is 1.06 bits per heavy atom. The van der Waals surface area contributed by atoms with Gasteiger partial charge in [0.05, 0.1) is 0 Å². The molecule has 0 aromatic heterocycles. The number of hydrogen-bond donors (Lipinski definition) is 1. The van der Waals surface area contributed by atoms with Crippen LogP contribution in [-0.2, 0) is 6.42 Å². The minimum atomic E-state index is 0. The van der Waals surface area contributed by atoms with Crippen molar-refractivity contribution in [2.45, 2.75) is 18.9 Å². The summed E-state index contributed by atoms with van der Waals surface area (Å²) in [7, 11) is 0. The third-order valence-corrected chi connectivity index (χ3v) is 3.69. The van der Waals surface area contributed by atoms with Gasteiger partial charge in [0.2, 0.25) is 0 Å². The van der Waals surface area contributed by atoms with Gasteiger partial charge < -0.3 is 5.32 Å². The lowest BCUT2D eigenvalue weighted by molar-refractivity contribution is 0.173. The zero-order chi connectivity index (χ0) is 10.1. The van der Waals surface area contributed by atoms with Crippen LogP contribution in [0.15, 0.2) is 24.3 Å². The number of nitrogens with zero attached hydrogens (tertiary/aromatic N) is 1. The van der Waals surface area contributed by atoms with Crippen molar-refractivity contribution in [1.82, 2.24) is 10.2 Å². The van der Waals surface area contributed by atoms with E-state index in [1.807, 2.05) is 0 Å². The molecular formula is C13H20Cl2N2. The summed E-state index contributed by atoms with van der Waals surface area (Å²) in [6.45, 7) is 4.72. The first-order valence-corrected chi connectivity index (χ1v) is 5.98. The highest BCUT2D eigenvalue weighted by Crippen LogP contribution is 2.35. The summed E-state index contributed by atoms with van der Waals surface area (Å²) in [5.74, 6) is 0. The lowest BCUT2D eigenvalue weighted by atomic mass is 10.1. The van der Waals surface area contributed by atoms with Gasteiger partial charge in [0.1, 0.15) is 0 Å². The lowest BCUT2D eigenvalue weighted by Gasteiger charge is -2.33. The van der Waals surface area contributed by atoms with Gasteiger partial charge in [-0.15, -0.1) is 24.8 Å². The van der Waals surface area contributed by atoms with Gasteiger partial charge in [-0.3, -0.25) is 4.90 Å². The van der Waals surface area contributed by atoms with Crippen molar-refractivity contribution < 1.29 is 0 Å². The van der Waals surface area contributed by atoms with Gasteiger partial charge in [-0.05, 0) is 24.0 Å². The van der Waals surface area contributed by atoms with E-state index in [9.17, 15) is 0 Å². The van der Waals surface area contributed by atoms with E-state index in [1.54, 1.807) is 11.1 Å². The molecular weight excluding hydrogens is 255 g/mol. The summed E-state index contributed by atoms with van der Waals surface area (Å²) in [5, 5.41) is 3.42. The van der Waals surface area contributed by atoms with Crippen LogP contribution in [0.4, 0.5) is 0 Å². The third kappa shape index (κ3) is 2.94. The second-order valence-corrected chi connectivity index (χ2v) is 4.54. The SMILES string of the molecule is Cl.Cl.c1ccc2c(c1)CCC2N1CCNCC1. The molecule has 1 unspecified atom stereocenters. The summed E-state index contributed by atoms with van der Waals surface area (Å²) >= 11 is 0. The largest absolute Gasteiger partial charge is 0.314 e. The molecule has 1 saturated heterocycles. The number of hydrogen-bond acceptors (Lipinski definition) is 2. The summed E-state index contributed by atoms with van der Waals surface area (Å²) in [5.41, 5.74) is 3.15. The predicted molar refractivity (Wildman–Crippen MR) is 76.4 cm³/mol. The molecule has 1 heterocycles.